The number of hydrogen-bond acceptors (Lipinski definition) is 4. The predicted molar refractivity (Wildman–Crippen MR) is 72.6 cm³/mol. The van der Waals surface area contributed by atoms with E-state index in [4.69, 9.17) is 0 Å². The normalized spacial score (nSPS) is 19.1. The van der Waals surface area contributed by atoms with Crippen molar-refractivity contribution in [1.82, 2.24) is 5.32 Å². The maximum absolute atomic E-state index is 12.3. The quantitative estimate of drug-likeness (QED) is 0.788. The van der Waals surface area contributed by atoms with Crippen LogP contribution in [0.1, 0.15) is 12.8 Å². The van der Waals surface area contributed by atoms with Crippen LogP contribution in [0.15, 0.2) is 28.2 Å². The Bertz CT molecular complexity index is 766. The van der Waals surface area contributed by atoms with E-state index >= 15 is 0 Å². The highest BCUT2D eigenvalue weighted by molar-refractivity contribution is 7.93. The van der Waals surface area contributed by atoms with Gasteiger partial charge in [-0.05, 0) is 44.1 Å². The first-order chi connectivity index (χ1) is 9.54. The molecule has 0 radical (unpaired) electrons. The summed E-state index contributed by atoms with van der Waals surface area (Å²) >= 11 is 0. The van der Waals surface area contributed by atoms with Crippen molar-refractivity contribution < 1.29 is 13.2 Å². The minimum absolute atomic E-state index is 0.389. The summed E-state index contributed by atoms with van der Waals surface area (Å²) in [6.07, 6.45) is 1.19. The molecule has 1 fully saturated rings. The van der Waals surface area contributed by atoms with Gasteiger partial charge in [0.2, 0.25) is 10.0 Å². The maximum Gasteiger partial charge on any atom is 0.368 e. The molecule has 0 aliphatic carbocycles. The number of carbonyl (C=O) groups excluding carboxylic acids is 1. The molecule has 1 aromatic carbocycles. The van der Waals surface area contributed by atoms with Gasteiger partial charge in [-0.1, -0.05) is 0 Å². The van der Waals surface area contributed by atoms with Crippen LogP contribution >= 0.6 is 0 Å². The highest BCUT2D eigenvalue weighted by Gasteiger charge is 2.27. The molecule has 0 atom stereocenters. The van der Waals surface area contributed by atoms with Crippen LogP contribution in [0.4, 0.5) is 10.5 Å². The summed E-state index contributed by atoms with van der Waals surface area (Å²) in [5.74, 6) is 0. The third-order valence-electron chi connectivity index (χ3n) is 3.39. The van der Waals surface area contributed by atoms with Gasteiger partial charge < -0.3 is 5.32 Å². The zero-order valence-corrected chi connectivity index (χ0v) is 11.5. The van der Waals surface area contributed by atoms with Crippen LogP contribution in [-0.2, 0) is 10.0 Å². The molecule has 106 valence electrons. The second kappa shape index (κ2) is 4.95. The highest BCUT2D eigenvalue weighted by atomic mass is 32.2. The van der Waals surface area contributed by atoms with Crippen molar-refractivity contribution in [2.24, 2.45) is 9.98 Å². The van der Waals surface area contributed by atoms with Crippen molar-refractivity contribution in [2.45, 2.75) is 18.1 Å². The number of anilines is 1. The van der Waals surface area contributed by atoms with E-state index in [9.17, 15) is 13.2 Å². The number of amides is 2. The van der Waals surface area contributed by atoms with Gasteiger partial charge in [0.1, 0.15) is 0 Å². The summed E-state index contributed by atoms with van der Waals surface area (Å²) in [6, 6.07) is 4.15. The molecule has 2 N–H and O–H groups in total. The number of sulfonamides is 1. The van der Waals surface area contributed by atoms with Crippen LogP contribution in [0.3, 0.4) is 0 Å². The fraction of sp³-hybridized carbons (Fsp3) is 0.417. The molecule has 1 saturated heterocycles. The average molecular weight is 294 g/mol. The number of nitrogens with zero attached hydrogens (tertiary/aromatic N) is 2. The van der Waals surface area contributed by atoms with Gasteiger partial charge in [-0.15, -0.1) is 0 Å². The highest BCUT2D eigenvalue weighted by Crippen LogP contribution is 2.16. The number of hydrogen-bond donors (Lipinski definition) is 2. The van der Waals surface area contributed by atoms with Crippen LogP contribution in [0.2, 0.25) is 0 Å². The summed E-state index contributed by atoms with van der Waals surface area (Å²) < 4.78 is 27.1. The summed E-state index contributed by atoms with van der Waals surface area (Å²) in [4.78, 5) is 18.5. The summed E-state index contributed by atoms with van der Waals surface area (Å²) in [7, 11) is -3.41. The molecular weight excluding hydrogens is 280 g/mol. The lowest BCUT2D eigenvalue weighted by Crippen LogP contribution is -2.38. The molecule has 3 rings (SSSR count). The van der Waals surface area contributed by atoms with E-state index in [-0.39, 0.29) is 5.25 Å². The summed E-state index contributed by atoms with van der Waals surface area (Å²) in [5, 5.41) is 3.62. The molecule has 7 nitrogen and oxygen atoms in total. The van der Waals surface area contributed by atoms with Gasteiger partial charge >= 0.3 is 6.03 Å². The van der Waals surface area contributed by atoms with E-state index in [0.717, 1.165) is 0 Å². The number of urea groups is 1. The number of carbonyl (C=O) groups is 1. The Morgan fingerprint density at radius 1 is 1.15 bits per heavy atom. The molecule has 20 heavy (non-hydrogen) atoms. The summed E-state index contributed by atoms with van der Waals surface area (Å²) in [5.41, 5.74) is 0.413. The van der Waals surface area contributed by atoms with Crippen molar-refractivity contribution in [3.63, 3.8) is 0 Å². The topological polar surface area (TPSA) is 100.0 Å². The minimum Gasteiger partial charge on any atom is -0.317 e. The van der Waals surface area contributed by atoms with E-state index in [1.54, 1.807) is 12.1 Å². The second-order valence-electron chi connectivity index (χ2n) is 4.81. The van der Waals surface area contributed by atoms with Gasteiger partial charge in [0.25, 0.3) is 0 Å². The molecule has 0 spiro atoms. The van der Waals surface area contributed by atoms with Crippen molar-refractivity contribution in [3.05, 3.63) is 28.9 Å². The Balaban J connectivity index is 1.85. The van der Waals surface area contributed by atoms with E-state index in [2.05, 4.69) is 20.0 Å². The van der Waals surface area contributed by atoms with Crippen LogP contribution in [0.25, 0.3) is 0 Å². The second-order valence-corrected chi connectivity index (χ2v) is 6.77. The zero-order valence-electron chi connectivity index (χ0n) is 10.7. The Labute approximate surface area is 115 Å². The molecule has 0 bridgehead atoms. The standard InChI is InChI=1S/C12H14N4O3S/c17-12-14-10-2-1-8(7-11(10)15-12)16-20(18,19)9-3-5-13-6-4-9/h1-2,7,9,13,16H,3-6H2. The monoisotopic (exact) mass is 294 g/mol. The van der Waals surface area contributed by atoms with Crippen LogP contribution in [-0.4, -0.2) is 32.8 Å². The van der Waals surface area contributed by atoms with Gasteiger partial charge in [0.15, 0.2) is 0 Å². The third kappa shape index (κ3) is 2.56. The van der Waals surface area contributed by atoms with E-state index < -0.39 is 16.1 Å². The first-order valence-electron chi connectivity index (χ1n) is 6.38. The van der Waals surface area contributed by atoms with Crippen LogP contribution < -0.4 is 20.8 Å². The average Bonchev–Trinajstić information content (AvgIpc) is 2.79. The molecule has 2 amide bonds. The molecular formula is C12H14N4O3S. The SMILES string of the molecule is O=C1N=c2ccc(NS(=O)(=O)C3CCNCC3)cc2=N1. The van der Waals surface area contributed by atoms with Gasteiger partial charge in [-0.2, -0.15) is 9.98 Å². The van der Waals surface area contributed by atoms with Crippen molar-refractivity contribution in [1.29, 1.82) is 0 Å². The summed E-state index contributed by atoms with van der Waals surface area (Å²) in [6.45, 7) is 1.41. The lowest BCUT2D eigenvalue weighted by atomic mass is 10.2. The molecule has 2 aliphatic rings. The molecule has 0 saturated carbocycles. The Hall–Kier alpha value is -1.80. The first kappa shape index (κ1) is 13.2. The lowest BCUT2D eigenvalue weighted by Gasteiger charge is -2.23. The number of rotatable bonds is 3. The largest absolute Gasteiger partial charge is 0.368 e. The van der Waals surface area contributed by atoms with Gasteiger partial charge in [-0.3, -0.25) is 4.72 Å². The first-order valence-corrected chi connectivity index (χ1v) is 7.93. The fourth-order valence-electron chi connectivity index (χ4n) is 2.36. The number of piperidine rings is 1. The van der Waals surface area contributed by atoms with Crippen LogP contribution in [0.5, 0.6) is 0 Å². The van der Waals surface area contributed by atoms with Crippen molar-refractivity contribution in [3.8, 4) is 0 Å². The Morgan fingerprint density at radius 2 is 1.85 bits per heavy atom. The van der Waals surface area contributed by atoms with E-state index in [1.165, 1.54) is 6.07 Å². The third-order valence-corrected chi connectivity index (χ3v) is 5.26. The number of nitrogens with one attached hydrogen (secondary N) is 2. The molecule has 1 aromatic rings. The van der Waals surface area contributed by atoms with Crippen molar-refractivity contribution in [2.75, 3.05) is 17.8 Å². The fourth-order valence-corrected chi connectivity index (χ4v) is 3.83. The minimum atomic E-state index is -3.41. The van der Waals surface area contributed by atoms with E-state index in [1.807, 2.05) is 0 Å². The Morgan fingerprint density at radius 3 is 2.60 bits per heavy atom. The smallest absolute Gasteiger partial charge is 0.317 e. The Kier molecular flexibility index (Phi) is 3.27. The van der Waals surface area contributed by atoms with Crippen molar-refractivity contribution >= 4 is 21.7 Å². The van der Waals surface area contributed by atoms with Gasteiger partial charge in [0, 0.05) is 0 Å². The number of fused-ring (bicyclic) bond motifs is 1. The molecule has 2 heterocycles. The van der Waals surface area contributed by atoms with Crippen LogP contribution in [0, 0.1) is 0 Å². The molecule has 0 unspecified atom stereocenters. The maximum atomic E-state index is 12.3. The lowest BCUT2D eigenvalue weighted by molar-refractivity contribution is 0.256. The molecule has 8 heteroatoms. The van der Waals surface area contributed by atoms with Gasteiger partial charge in [0.05, 0.1) is 21.7 Å². The van der Waals surface area contributed by atoms with Gasteiger partial charge in [-0.25, -0.2) is 13.2 Å². The molecule has 0 aromatic heterocycles. The molecule has 2 aliphatic heterocycles. The predicted octanol–water partition coefficient (Wildman–Crippen LogP) is -0.447. The zero-order chi connectivity index (χ0) is 14.2. The van der Waals surface area contributed by atoms with E-state index in [0.29, 0.717) is 42.3 Å². The number of benzene rings is 1.